The first-order valence-electron chi connectivity index (χ1n) is 6.56. The van der Waals surface area contributed by atoms with E-state index in [1.54, 1.807) is 7.11 Å². The van der Waals surface area contributed by atoms with Crippen molar-refractivity contribution >= 4 is 0 Å². The van der Waals surface area contributed by atoms with Crippen molar-refractivity contribution < 1.29 is 4.74 Å². The highest BCUT2D eigenvalue weighted by Crippen LogP contribution is 2.07. The van der Waals surface area contributed by atoms with E-state index < -0.39 is 0 Å². The van der Waals surface area contributed by atoms with E-state index >= 15 is 0 Å². The Kier molecular flexibility index (Phi) is 7.57. The fourth-order valence-electron chi connectivity index (χ4n) is 2.01. The molecule has 4 nitrogen and oxygen atoms in total. The molecule has 0 amide bonds. The van der Waals surface area contributed by atoms with E-state index in [4.69, 9.17) is 10.5 Å². The topological polar surface area (TPSA) is 51.4 Å². The number of nitrogens with two attached hydrogens (primary N) is 1. The number of hydrogen-bond donors (Lipinski definition) is 1. The molecule has 1 rings (SSSR count). The van der Waals surface area contributed by atoms with Crippen LogP contribution in [0.25, 0.3) is 0 Å². The molecule has 0 aliphatic heterocycles. The molecule has 1 aromatic rings. The van der Waals surface area contributed by atoms with Crippen molar-refractivity contribution in [2.24, 2.45) is 5.73 Å². The molecule has 1 unspecified atom stereocenters. The highest BCUT2D eigenvalue weighted by molar-refractivity contribution is 5.09. The van der Waals surface area contributed by atoms with E-state index in [2.05, 4.69) is 29.1 Å². The van der Waals surface area contributed by atoms with Gasteiger partial charge in [0.15, 0.2) is 0 Å². The predicted octanol–water partition coefficient (Wildman–Crippen LogP) is 1.31. The Morgan fingerprint density at radius 2 is 2.11 bits per heavy atom. The average molecular weight is 251 g/mol. The van der Waals surface area contributed by atoms with E-state index in [1.165, 1.54) is 5.56 Å². The first kappa shape index (κ1) is 15.1. The zero-order chi connectivity index (χ0) is 13.2. The summed E-state index contributed by atoms with van der Waals surface area (Å²) in [5.74, 6) is 0. The molecule has 0 aromatic carbocycles. The molecular weight excluding hydrogens is 226 g/mol. The number of hydrogen-bond acceptors (Lipinski definition) is 4. The van der Waals surface area contributed by atoms with Crippen LogP contribution in [-0.2, 0) is 11.2 Å². The monoisotopic (exact) mass is 251 g/mol. The van der Waals surface area contributed by atoms with Gasteiger partial charge in [0, 0.05) is 32.1 Å². The summed E-state index contributed by atoms with van der Waals surface area (Å²) in [7, 11) is 3.91. The molecule has 0 spiro atoms. The zero-order valence-electron chi connectivity index (χ0n) is 11.5. The Balaban J connectivity index is 2.38. The number of aromatic nitrogens is 1. The van der Waals surface area contributed by atoms with Gasteiger partial charge in [-0.2, -0.15) is 0 Å². The summed E-state index contributed by atoms with van der Waals surface area (Å²) in [5.41, 5.74) is 6.90. The van der Waals surface area contributed by atoms with Gasteiger partial charge in [-0.1, -0.05) is 0 Å². The molecule has 0 fully saturated rings. The normalized spacial score (nSPS) is 12.9. The fraction of sp³-hybridized carbons (Fsp3) is 0.643. The number of likely N-dealkylation sites (N-methyl/N-ethyl adjacent to an activating group) is 1. The van der Waals surface area contributed by atoms with Gasteiger partial charge in [-0.15, -0.1) is 0 Å². The van der Waals surface area contributed by atoms with Crippen LogP contribution < -0.4 is 5.73 Å². The van der Waals surface area contributed by atoms with E-state index in [-0.39, 0.29) is 0 Å². The van der Waals surface area contributed by atoms with Crippen LogP contribution in [0.2, 0.25) is 0 Å². The summed E-state index contributed by atoms with van der Waals surface area (Å²) in [6, 6.07) is 4.60. The lowest BCUT2D eigenvalue weighted by Crippen LogP contribution is -2.37. The van der Waals surface area contributed by atoms with E-state index in [1.807, 2.05) is 12.4 Å². The maximum Gasteiger partial charge on any atom is 0.0617 e. The van der Waals surface area contributed by atoms with Gasteiger partial charge < -0.3 is 15.4 Å². The van der Waals surface area contributed by atoms with Crippen LogP contribution in [0.3, 0.4) is 0 Å². The third-order valence-corrected chi connectivity index (χ3v) is 3.23. The third kappa shape index (κ3) is 5.58. The van der Waals surface area contributed by atoms with Gasteiger partial charge in [-0.05, 0) is 50.6 Å². The lowest BCUT2D eigenvalue weighted by Gasteiger charge is -2.27. The average Bonchev–Trinajstić information content (AvgIpc) is 2.42. The highest BCUT2D eigenvalue weighted by Gasteiger charge is 2.13. The molecule has 18 heavy (non-hydrogen) atoms. The molecule has 0 bridgehead atoms. The smallest absolute Gasteiger partial charge is 0.0617 e. The molecule has 0 saturated heterocycles. The Bertz CT molecular complexity index is 305. The number of methoxy groups -OCH3 is 1. The van der Waals surface area contributed by atoms with Crippen LogP contribution in [0.5, 0.6) is 0 Å². The van der Waals surface area contributed by atoms with Gasteiger partial charge in [0.1, 0.15) is 0 Å². The van der Waals surface area contributed by atoms with Gasteiger partial charge in [0.25, 0.3) is 0 Å². The first-order valence-corrected chi connectivity index (χ1v) is 6.56. The second kappa shape index (κ2) is 9.03. The summed E-state index contributed by atoms with van der Waals surface area (Å²) < 4.78 is 5.28. The van der Waals surface area contributed by atoms with Crippen LogP contribution >= 0.6 is 0 Å². The van der Waals surface area contributed by atoms with Gasteiger partial charge in [-0.3, -0.25) is 4.98 Å². The van der Waals surface area contributed by atoms with Crippen LogP contribution in [0.15, 0.2) is 24.5 Å². The van der Waals surface area contributed by atoms with Crippen molar-refractivity contribution in [3.63, 3.8) is 0 Å². The van der Waals surface area contributed by atoms with Gasteiger partial charge >= 0.3 is 0 Å². The molecule has 1 atom stereocenters. The van der Waals surface area contributed by atoms with E-state index in [0.717, 1.165) is 39.0 Å². The second-order valence-electron chi connectivity index (χ2n) is 4.63. The summed E-state index contributed by atoms with van der Waals surface area (Å²) in [5, 5.41) is 0. The lowest BCUT2D eigenvalue weighted by atomic mass is 10.1. The molecule has 4 heteroatoms. The maximum atomic E-state index is 5.57. The standard InChI is InChI=1S/C14H25N3O/c1-17(14(12-18-2)4-3-8-15)11-7-13-5-9-16-10-6-13/h5-6,9-10,14H,3-4,7-8,11-12,15H2,1-2H3. The number of nitrogens with zero attached hydrogens (tertiary/aromatic N) is 2. The molecule has 1 heterocycles. The summed E-state index contributed by atoms with van der Waals surface area (Å²) in [6.07, 6.45) is 6.87. The third-order valence-electron chi connectivity index (χ3n) is 3.23. The minimum atomic E-state index is 0.459. The van der Waals surface area contributed by atoms with E-state index in [9.17, 15) is 0 Å². The Labute approximate surface area is 110 Å². The van der Waals surface area contributed by atoms with Crippen molar-refractivity contribution in [1.29, 1.82) is 0 Å². The molecule has 0 aliphatic rings. The molecule has 0 radical (unpaired) electrons. The molecule has 102 valence electrons. The Morgan fingerprint density at radius 3 is 2.72 bits per heavy atom. The first-order chi connectivity index (χ1) is 8.77. The van der Waals surface area contributed by atoms with Crippen LogP contribution in [-0.4, -0.2) is 49.8 Å². The van der Waals surface area contributed by atoms with Crippen molar-refractivity contribution in [2.75, 3.05) is 33.9 Å². The van der Waals surface area contributed by atoms with Crippen LogP contribution in [0.1, 0.15) is 18.4 Å². The maximum absolute atomic E-state index is 5.57. The summed E-state index contributed by atoms with van der Waals surface area (Å²) in [6.45, 7) is 2.55. The van der Waals surface area contributed by atoms with E-state index in [0.29, 0.717) is 6.04 Å². The molecule has 1 aromatic heterocycles. The number of rotatable bonds is 9. The van der Waals surface area contributed by atoms with Crippen molar-refractivity contribution in [3.8, 4) is 0 Å². The summed E-state index contributed by atoms with van der Waals surface area (Å²) in [4.78, 5) is 6.39. The Hall–Kier alpha value is -0.970. The number of ether oxygens (including phenoxy) is 1. The van der Waals surface area contributed by atoms with Crippen molar-refractivity contribution in [3.05, 3.63) is 30.1 Å². The lowest BCUT2D eigenvalue weighted by molar-refractivity contribution is 0.101. The highest BCUT2D eigenvalue weighted by atomic mass is 16.5. The van der Waals surface area contributed by atoms with Crippen molar-refractivity contribution in [2.45, 2.75) is 25.3 Å². The van der Waals surface area contributed by atoms with Crippen LogP contribution in [0, 0.1) is 0 Å². The zero-order valence-corrected chi connectivity index (χ0v) is 11.5. The minimum absolute atomic E-state index is 0.459. The van der Waals surface area contributed by atoms with Crippen molar-refractivity contribution in [1.82, 2.24) is 9.88 Å². The molecule has 0 saturated carbocycles. The minimum Gasteiger partial charge on any atom is -0.383 e. The van der Waals surface area contributed by atoms with Crippen LogP contribution in [0.4, 0.5) is 0 Å². The molecular formula is C14H25N3O. The predicted molar refractivity (Wildman–Crippen MR) is 74.5 cm³/mol. The number of pyridine rings is 1. The molecule has 2 N–H and O–H groups in total. The summed E-state index contributed by atoms with van der Waals surface area (Å²) >= 11 is 0. The Morgan fingerprint density at radius 1 is 1.39 bits per heavy atom. The van der Waals surface area contributed by atoms with Gasteiger partial charge in [0.05, 0.1) is 6.61 Å². The quantitative estimate of drug-likeness (QED) is 0.719. The fourth-order valence-corrected chi connectivity index (χ4v) is 2.01. The SMILES string of the molecule is COCC(CCCN)N(C)CCc1ccncc1. The molecule has 0 aliphatic carbocycles. The largest absolute Gasteiger partial charge is 0.383 e. The van der Waals surface area contributed by atoms with Gasteiger partial charge in [0.2, 0.25) is 0 Å². The van der Waals surface area contributed by atoms with Gasteiger partial charge in [-0.25, -0.2) is 0 Å². The second-order valence-corrected chi connectivity index (χ2v) is 4.63.